The van der Waals surface area contributed by atoms with Crippen LogP contribution >= 0.6 is 0 Å². The standard InChI is InChI=1S/C13H8N2O3/c16-10-3-4-14-12-9(10)2-1-7-5-8(13(17)18)6-15-11(7)12/h1-6,9H,(H,17,18). The van der Waals surface area contributed by atoms with Gasteiger partial charge in [-0.15, -0.1) is 0 Å². The molecule has 0 bridgehead atoms. The molecule has 0 radical (unpaired) electrons. The number of allylic oxidation sites excluding steroid dienone is 2. The minimum Gasteiger partial charge on any atom is -0.478 e. The van der Waals surface area contributed by atoms with E-state index in [1.54, 1.807) is 12.2 Å². The molecule has 1 unspecified atom stereocenters. The van der Waals surface area contributed by atoms with Crippen LogP contribution in [0.2, 0.25) is 0 Å². The van der Waals surface area contributed by atoms with Gasteiger partial charge in [-0.1, -0.05) is 12.2 Å². The molecule has 5 nitrogen and oxygen atoms in total. The van der Waals surface area contributed by atoms with Crippen LogP contribution in [-0.4, -0.2) is 27.6 Å². The molecule has 1 aromatic rings. The predicted octanol–water partition coefficient (Wildman–Crippen LogP) is 1.31. The zero-order chi connectivity index (χ0) is 12.7. The Morgan fingerprint density at radius 2 is 2.17 bits per heavy atom. The molecule has 18 heavy (non-hydrogen) atoms. The fourth-order valence-electron chi connectivity index (χ4n) is 2.04. The normalized spacial score (nSPS) is 20.1. The van der Waals surface area contributed by atoms with E-state index in [1.165, 1.54) is 24.5 Å². The first-order valence-corrected chi connectivity index (χ1v) is 5.37. The van der Waals surface area contributed by atoms with Crippen molar-refractivity contribution in [3.05, 3.63) is 47.4 Å². The van der Waals surface area contributed by atoms with E-state index in [9.17, 15) is 9.59 Å². The van der Waals surface area contributed by atoms with Gasteiger partial charge in [0.05, 0.1) is 22.9 Å². The molecule has 0 saturated carbocycles. The van der Waals surface area contributed by atoms with Gasteiger partial charge in [0, 0.05) is 24.0 Å². The second-order valence-corrected chi connectivity index (χ2v) is 4.04. The number of ketones is 1. The lowest BCUT2D eigenvalue weighted by atomic mass is 9.86. The maximum atomic E-state index is 11.7. The SMILES string of the molecule is O=C(O)c1cnc2c(c1)C=CC1C(=O)C=CN=C21. The number of aromatic carboxylic acids is 1. The summed E-state index contributed by atoms with van der Waals surface area (Å²) in [7, 11) is 0. The Hall–Kier alpha value is -2.56. The van der Waals surface area contributed by atoms with Crippen LogP contribution in [0.5, 0.6) is 0 Å². The Balaban J connectivity index is 2.16. The number of hydrogen-bond acceptors (Lipinski definition) is 4. The van der Waals surface area contributed by atoms with Gasteiger partial charge in [0.15, 0.2) is 5.78 Å². The summed E-state index contributed by atoms with van der Waals surface area (Å²) in [6.07, 6.45) is 7.59. The third kappa shape index (κ3) is 1.48. The van der Waals surface area contributed by atoms with Crippen molar-refractivity contribution < 1.29 is 14.7 Å². The molecule has 88 valence electrons. The first-order chi connectivity index (χ1) is 8.66. The highest BCUT2D eigenvalue weighted by molar-refractivity contribution is 6.21. The van der Waals surface area contributed by atoms with Crippen molar-refractivity contribution in [3.63, 3.8) is 0 Å². The summed E-state index contributed by atoms with van der Waals surface area (Å²) in [6.45, 7) is 0. The van der Waals surface area contributed by atoms with Gasteiger partial charge in [-0.2, -0.15) is 0 Å². The average molecular weight is 240 g/mol. The molecule has 1 aliphatic carbocycles. The monoisotopic (exact) mass is 240 g/mol. The number of nitrogens with zero attached hydrogens (tertiary/aromatic N) is 2. The Bertz CT molecular complexity index is 656. The van der Waals surface area contributed by atoms with Crippen LogP contribution in [0.3, 0.4) is 0 Å². The number of hydrogen-bond donors (Lipinski definition) is 1. The molecule has 1 aromatic heterocycles. The zero-order valence-corrected chi connectivity index (χ0v) is 9.20. The van der Waals surface area contributed by atoms with E-state index in [1.807, 2.05) is 0 Å². The molecule has 0 fully saturated rings. The fraction of sp³-hybridized carbons (Fsp3) is 0.0769. The second kappa shape index (κ2) is 3.73. The van der Waals surface area contributed by atoms with Crippen molar-refractivity contribution in [1.82, 2.24) is 4.98 Å². The van der Waals surface area contributed by atoms with E-state index >= 15 is 0 Å². The lowest BCUT2D eigenvalue weighted by Gasteiger charge is -2.20. The van der Waals surface area contributed by atoms with Gasteiger partial charge in [-0.3, -0.25) is 14.8 Å². The van der Waals surface area contributed by atoms with Gasteiger partial charge in [0.2, 0.25) is 0 Å². The molecule has 0 saturated heterocycles. The maximum absolute atomic E-state index is 11.7. The van der Waals surface area contributed by atoms with Gasteiger partial charge in [-0.05, 0) is 6.07 Å². The van der Waals surface area contributed by atoms with Crippen LogP contribution in [0, 0.1) is 5.92 Å². The Morgan fingerprint density at radius 1 is 1.33 bits per heavy atom. The summed E-state index contributed by atoms with van der Waals surface area (Å²) in [5.41, 5.74) is 1.95. The summed E-state index contributed by atoms with van der Waals surface area (Å²) in [4.78, 5) is 30.8. The Kier molecular flexibility index (Phi) is 2.19. The quantitative estimate of drug-likeness (QED) is 0.802. The van der Waals surface area contributed by atoms with Crippen LogP contribution in [0.1, 0.15) is 21.6 Å². The number of carbonyl (C=O) groups is 2. The number of carbonyl (C=O) groups excluding carboxylic acids is 1. The molecule has 2 heterocycles. The first-order valence-electron chi connectivity index (χ1n) is 5.37. The van der Waals surface area contributed by atoms with E-state index in [-0.39, 0.29) is 11.3 Å². The number of pyridine rings is 1. The summed E-state index contributed by atoms with van der Waals surface area (Å²) < 4.78 is 0. The van der Waals surface area contributed by atoms with E-state index < -0.39 is 11.9 Å². The lowest BCUT2D eigenvalue weighted by molar-refractivity contribution is -0.115. The number of fused-ring (bicyclic) bond motifs is 3. The average Bonchev–Trinajstić information content (AvgIpc) is 2.38. The predicted molar refractivity (Wildman–Crippen MR) is 64.4 cm³/mol. The molecule has 2 aliphatic rings. The minimum absolute atomic E-state index is 0.0361. The smallest absolute Gasteiger partial charge is 0.337 e. The maximum Gasteiger partial charge on any atom is 0.337 e. The molecular weight excluding hydrogens is 232 g/mol. The van der Waals surface area contributed by atoms with E-state index in [0.717, 1.165) is 0 Å². The molecule has 1 N–H and O–H groups in total. The van der Waals surface area contributed by atoms with Gasteiger partial charge >= 0.3 is 5.97 Å². The van der Waals surface area contributed by atoms with Gasteiger partial charge in [0.1, 0.15) is 0 Å². The highest BCUT2D eigenvalue weighted by Gasteiger charge is 2.29. The van der Waals surface area contributed by atoms with Gasteiger partial charge in [-0.25, -0.2) is 4.79 Å². The topological polar surface area (TPSA) is 79.6 Å². The minimum atomic E-state index is -1.03. The molecular formula is C13H8N2O3. The number of rotatable bonds is 1. The van der Waals surface area contributed by atoms with Crippen LogP contribution in [0.25, 0.3) is 6.08 Å². The van der Waals surface area contributed by atoms with Crippen LogP contribution in [-0.2, 0) is 4.79 Å². The summed E-state index contributed by atoms with van der Waals surface area (Å²) in [6, 6.07) is 1.53. The Morgan fingerprint density at radius 3 is 2.94 bits per heavy atom. The largest absolute Gasteiger partial charge is 0.478 e. The molecule has 0 aromatic carbocycles. The van der Waals surface area contributed by atoms with E-state index in [4.69, 9.17) is 5.11 Å². The molecule has 0 spiro atoms. The zero-order valence-electron chi connectivity index (χ0n) is 9.20. The van der Waals surface area contributed by atoms with Crippen molar-refractivity contribution in [2.45, 2.75) is 0 Å². The Labute approximate surface area is 102 Å². The van der Waals surface area contributed by atoms with E-state index in [2.05, 4.69) is 9.98 Å². The summed E-state index contributed by atoms with van der Waals surface area (Å²) in [5.74, 6) is -1.46. The van der Waals surface area contributed by atoms with Crippen molar-refractivity contribution in [3.8, 4) is 0 Å². The molecule has 0 amide bonds. The van der Waals surface area contributed by atoms with Gasteiger partial charge in [0.25, 0.3) is 0 Å². The highest BCUT2D eigenvalue weighted by atomic mass is 16.4. The van der Waals surface area contributed by atoms with Crippen molar-refractivity contribution in [2.24, 2.45) is 10.9 Å². The highest BCUT2D eigenvalue weighted by Crippen LogP contribution is 2.25. The fourth-order valence-corrected chi connectivity index (χ4v) is 2.04. The van der Waals surface area contributed by atoms with Gasteiger partial charge < -0.3 is 5.11 Å². The second-order valence-electron chi connectivity index (χ2n) is 4.04. The molecule has 5 heteroatoms. The molecule has 1 aliphatic heterocycles. The lowest BCUT2D eigenvalue weighted by Crippen LogP contribution is -2.27. The first kappa shape index (κ1) is 10.6. The van der Waals surface area contributed by atoms with Crippen LogP contribution in [0.15, 0.2) is 35.6 Å². The van der Waals surface area contributed by atoms with Crippen molar-refractivity contribution >= 4 is 23.5 Å². The van der Waals surface area contributed by atoms with E-state index in [0.29, 0.717) is 17.0 Å². The third-order valence-electron chi connectivity index (χ3n) is 2.93. The summed E-state index contributed by atoms with van der Waals surface area (Å²) >= 11 is 0. The van der Waals surface area contributed by atoms with Crippen molar-refractivity contribution in [2.75, 3.05) is 0 Å². The van der Waals surface area contributed by atoms with Crippen LogP contribution in [0.4, 0.5) is 0 Å². The number of carboxylic acids is 1. The number of carboxylic acid groups (broad SMARTS) is 1. The number of aromatic nitrogens is 1. The molecule has 1 atom stereocenters. The number of aliphatic imine (C=N–C) groups is 1. The molecule has 3 rings (SSSR count). The van der Waals surface area contributed by atoms with Crippen molar-refractivity contribution in [1.29, 1.82) is 0 Å². The summed E-state index contributed by atoms with van der Waals surface area (Å²) in [5, 5.41) is 8.90. The third-order valence-corrected chi connectivity index (χ3v) is 2.93. The van der Waals surface area contributed by atoms with Crippen LogP contribution < -0.4 is 0 Å².